The summed E-state index contributed by atoms with van der Waals surface area (Å²) in [5.74, 6) is -0.0550. The molecule has 1 aromatic carbocycles. The number of fused-ring (bicyclic) bond motifs is 3. The van der Waals surface area contributed by atoms with Crippen molar-refractivity contribution in [2.75, 3.05) is 6.54 Å². The highest BCUT2D eigenvalue weighted by Crippen LogP contribution is 2.34. The Kier molecular flexibility index (Phi) is 1.24. The number of ketones is 1. The molecule has 0 aromatic heterocycles. The molecular weight excluding hydrogens is 178 g/mol. The Labute approximate surface area is 80.6 Å². The molecule has 0 spiro atoms. The molecule has 0 saturated heterocycles. The standard InChI is InChI=1S/C11H7NO2/c13-7-5-10-8-3-1-2-4-9(8)11(14)12(10)6-7/h1-5H,6H2. The maximum atomic E-state index is 11.8. The van der Waals surface area contributed by atoms with Crippen molar-refractivity contribution in [3.8, 4) is 0 Å². The van der Waals surface area contributed by atoms with E-state index in [4.69, 9.17) is 0 Å². The maximum absolute atomic E-state index is 11.8. The molecule has 14 heavy (non-hydrogen) atoms. The average molecular weight is 185 g/mol. The molecule has 0 N–H and O–H groups in total. The van der Waals surface area contributed by atoms with Crippen LogP contribution in [-0.2, 0) is 4.79 Å². The molecule has 0 radical (unpaired) electrons. The van der Waals surface area contributed by atoms with Crippen molar-refractivity contribution in [1.29, 1.82) is 0 Å². The minimum absolute atomic E-state index is 0.00264. The van der Waals surface area contributed by atoms with E-state index in [-0.39, 0.29) is 18.2 Å². The summed E-state index contributed by atoms with van der Waals surface area (Å²) in [5, 5.41) is 0. The van der Waals surface area contributed by atoms with Crippen molar-refractivity contribution >= 4 is 17.4 Å². The second-order valence-corrected chi connectivity index (χ2v) is 3.43. The van der Waals surface area contributed by atoms with Gasteiger partial charge in [0.05, 0.1) is 12.2 Å². The van der Waals surface area contributed by atoms with Crippen LogP contribution >= 0.6 is 0 Å². The third-order valence-corrected chi connectivity index (χ3v) is 2.58. The second-order valence-electron chi connectivity index (χ2n) is 3.43. The average Bonchev–Trinajstić information content (AvgIpc) is 2.68. The SMILES string of the molecule is O=C1C=C2c3ccccc3C(=O)N2C1. The molecule has 0 aliphatic carbocycles. The first-order valence-electron chi connectivity index (χ1n) is 4.43. The Balaban J connectivity index is 2.28. The summed E-state index contributed by atoms with van der Waals surface area (Å²) in [6.45, 7) is 0.197. The Hall–Kier alpha value is -1.90. The molecule has 1 amide bonds. The van der Waals surface area contributed by atoms with E-state index in [9.17, 15) is 9.59 Å². The molecule has 0 atom stereocenters. The lowest BCUT2D eigenvalue weighted by atomic mass is 10.1. The van der Waals surface area contributed by atoms with Crippen LogP contribution in [0, 0.1) is 0 Å². The second kappa shape index (κ2) is 2.32. The molecule has 2 heterocycles. The van der Waals surface area contributed by atoms with Crippen molar-refractivity contribution in [3.05, 3.63) is 41.5 Å². The number of hydrogen-bond acceptors (Lipinski definition) is 2. The lowest BCUT2D eigenvalue weighted by Gasteiger charge is -2.08. The third kappa shape index (κ3) is 0.763. The Morgan fingerprint density at radius 3 is 2.57 bits per heavy atom. The molecular formula is C11H7NO2. The highest BCUT2D eigenvalue weighted by Gasteiger charge is 2.36. The molecule has 2 aliphatic rings. The van der Waals surface area contributed by atoms with Gasteiger partial charge in [-0.05, 0) is 6.07 Å². The van der Waals surface area contributed by atoms with Gasteiger partial charge in [0.2, 0.25) is 0 Å². The quantitative estimate of drug-likeness (QED) is 0.606. The summed E-state index contributed by atoms with van der Waals surface area (Å²) in [4.78, 5) is 24.4. The van der Waals surface area contributed by atoms with E-state index < -0.39 is 0 Å². The van der Waals surface area contributed by atoms with Gasteiger partial charge in [0.25, 0.3) is 5.91 Å². The molecule has 1 aromatic rings. The van der Waals surface area contributed by atoms with Crippen molar-refractivity contribution < 1.29 is 9.59 Å². The summed E-state index contributed by atoms with van der Waals surface area (Å²) in [5.41, 5.74) is 2.34. The minimum atomic E-state index is -0.0577. The molecule has 2 aliphatic heterocycles. The molecule has 3 nitrogen and oxygen atoms in total. The topological polar surface area (TPSA) is 37.4 Å². The van der Waals surface area contributed by atoms with Crippen LogP contribution in [0.25, 0.3) is 5.70 Å². The number of carbonyl (C=O) groups is 2. The van der Waals surface area contributed by atoms with Crippen LogP contribution in [0.4, 0.5) is 0 Å². The van der Waals surface area contributed by atoms with Crippen LogP contribution in [0.1, 0.15) is 15.9 Å². The van der Waals surface area contributed by atoms with Crippen LogP contribution in [0.15, 0.2) is 30.3 Å². The van der Waals surface area contributed by atoms with Gasteiger partial charge in [0.1, 0.15) is 0 Å². The first-order chi connectivity index (χ1) is 6.77. The fourth-order valence-corrected chi connectivity index (χ4v) is 1.96. The molecule has 0 saturated carbocycles. The first-order valence-corrected chi connectivity index (χ1v) is 4.43. The maximum Gasteiger partial charge on any atom is 0.259 e. The summed E-state index contributed by atoms with van der Waals surface area (Å²) < 4.78 is 0. The lowest BCUT2D eigenvalue weighted by Crippen LogP contribution is -2.23. The van der Waals surface area contributed by atoms with E-state index in [1.807, 2.05) is 18.2 Å². The predicted octanol–water partition coefficient (Wildman–Crippen LogP) is 1.07. The van der Waals surface area contributed by atoms with Crippen molar-refractivity contribution in [2.45, 2.75) is 0 Å². The zero-order valence-corrected chi connectivity index (χ0v) is 7.36. The van der Waals surface area contributed by atoms with Crippen LogP contribution in [0.3, 0.4) is 0 Å². The zero-order chi connectivity index (χ0) is 9.71. The minimum Gasteiger partial charge on any atom is -0.300 e. The van der Waals surface area contributed by atoms with E-state index in [2.05, 4.69) is 0 Å². The lowest BCUT2D eigenvalue weighted by molar-refractivity contribution is -0.113. The molecule has 0 fully saturated rings. The van der Waals surface area contributed by atoms with Gasteiger partial charge in [-0.25, -0.2) is 0 Å². The number of carbonyl (C=O) groups excluding carboxylic acids is 2. The summed E-state index contributed by atoms with van der Waals surface area (Å²) in [7, 11) is 0. The van der Waals surface area contributed by atoms with Crippen molar-refractivity contribution in [3.63, 3.8) is 0 Å². The number of benzene rings is 1. The van der Waals surface area contributed by atoms with Gasteiger partial charge in [-0.2, -0.15) is 0 Å². The van der Waals surface area contributed by atoms with Crippen LogP contribution in [0.5, 0.6) is 0 Å². The molecule has 3 heteroatoms. The monoisotopic (exact) mass is 185 g/mol. The smallest absolute Gasteiger partial charge is 0.259 e. The normalized spacial score (nSPS) is 18.3. The Bertz CT molecular complexity index is 488. The van der Waals surface area contributed by atoms with Gasteiger partial charge in [-0.15, -0.1) is 0 Å². The van der Waals surface area contributed by atoms with Gasteiger partial charge in [0, 0.05) is 17.2 Å². The van der Waals surface area contributed by atoms with Crippen LogP contribution in [0.2, 0.25) is 0 Å². The van der Waals surface area contributed by atoms with Gasteiger partial charge in [-0.3, -0.25) is 14.5 Å². The van der Waals surface area contributed by atoms with Crippen LogP contribution in [-0.4, -0.2) is 23.1 Å². The Morgan fingerprint density at radius 1 is 1.07 bits per heavy atom. The molecule has 3 rings (SSSR count). The molecule has 0 bridgehead atoms. The first kappa shape index (κ1) is 7.50. The highest BCUT2D eigenvalue weighted by molar-refractivity contribution is 6.17. The zero-order valence-electron chi connectivity index (χ0n) is 7.36. The molecule has 68 valence electrons. The number of nitrogens with zero attached hydrogens (tertiary/aromatic N) is 1. The van der Waals surface area contributed by atoms with Gasteiger partial charge in [-0.1, -0.05) is 18.2 Å². The number of rotatable bonds is 0. The van der Waals surface area contributed by atoms with E-state index in [0.29, 0.717) is 5.56 Å². The Morgan fingerprint density at radius 2 is 1.79 bits per heavy atom. The largest absolute Gasteiger partial charge is 0.300 e. The summed E-state index contributed by atoms with van der Waals surface area (Å²) in [6.07, 6.45) is 1.55. The van der Waals surface area contributed by atoms with Crippen LogP contribution < -0.4 is 0 Å². The van der Waals surface area contributed by atoms with E-state index in [0.717, 1.165) is 11.3 Å². The van der Waals surface area contributed by atoms with Crippen molar-refractivity contribution in [2.24, 2.45) is 0 Å². The van der Waals surface area contributed by atoms with Gasteiger partial charge in [0.15, 0.2) is 5.78 Å². The fourth-order valence-electron chi connectivity index (χ4n) is 1.96. The van der Waals surface area contributed by atoms with E-state index >= 15 is 0 Å². The van der Waals surface area contributed by atoms with Gasteiger partial charge < -0.3 is 0 Å². The predicted molar refractivity (Wildman–Crippen MR) is 50.5 cm³/mol. The third-order valence-electron chi connectivity index (χ3n) is 2.58. The fraction of sp³-hybridized carbons (Fsp3) is 0.0909. The molecule has 0 unspecified atom stereocenters. The van der Waals surface area contributed by atoms with Gasteiger partial charge >= 0.3 is 0 Å². The van der Waals surface area contributed by atoms with E-state index in [1.165, 1.54) is 4.90 Å². The van der Waals surface area contributed by atoms with Crippen molar-refractivity contribution in [1.82, 2.24) is 4.90 Å². The highest BCUT2D eigenvalue weighted by atomic mass is 16.2. The number of amides is 1. The summed E-state index contributed by atoms with van der Waals surface area (Å²) in [6, 6.07) is 7.37. The van der Waals surface area contributed by atoms with E-state index in [1.54, 1.807) is 12.1 Å². The summed E-state index contributed by atoms with van der Waals surface area (Å²) >= 11 is 0. The number of hydrogen-bond donors (Lipinski definition) is 0.